The first kappa shape index (κ1) is 43.0. The van der Waals surface area contributed by atoms with Gasteiger partial charge in [-0.2, -0.15) is 0 Å². The van der Waals surface area contributed by atoms with E-state index in [1.165, 1.54) is 6.92 Å². The molecule has 1 aliphatic heterocycles. The van der Waals surface area contributed by atoms with Crippen LogP contribution in [0.15, 0.2) is 36.0 Å². The minimum atomic E-state index is -3.23. The number of aliphatic hydroxyl groups is 1. The Bertz CT molecular complexity index is 1190. The maximum absolute atomic E-state index is 14.4. The lowest BCUT2D eigenvalue weighted by Gasteiger charge is -2.44. The molecule has 0 amide bonds. The standard InChI is InChI=1S/C36H55BrO11/c1-11-14-24(3)31(37)19-18-23(2)15-12-16-25(4)32-26(5)17-13-20-34(10,43)21-22-35(45-27(6)38,46-28(7)39)36(33(42)44-32,47-29(8)40)48-30(9)41/h12-13,15-17,23-24,26,31-32,43H,11,14,18-22H2,1-10H3/b15-12?,17-13-,25-16?. The number of rotatable bonds is 13. The largest absolute Gasteiger partial charge is 0.451 e. The van der Waals surface area contributed by atoms with E-state index < -0.39 is 65.5 Å². The molecule has 0 radical (unpaired) electrons. The number of ether oxygens (including phenoxy) is 5. The van der Waals surface area contributed by atoms with E-state index in [0.717, 1.165) is 53.4 Å². The fraction of sp³-hybridized carbons (Fsp3) is 0.694. The van der Waals surface area contributed by atoms with E-state index in [0.29, 0.717) is 16.3 Å². The molecule has 1 heterocycles. The number of cyclic esters (lactones) is 1. The molecule has 0 spiro atoms. The van der Waals surface area contributed by atoms with Gasteiger partial charge in [0.1, 0.15) is 6.10 Å². The lowest BCUT2D eigenvalue weighted by molar-refractivity contribution is -0.357. The molecule has 48 heavy (non-hydrogen) atoms. The number of hydrogen-bond donors (Lipinski definition) is 1. The highest BCUT2D eigenvalue weighted by Gasteiger charge is 2.71. The molecule has 0 saturated carbocycles. The smallest absolute Gasteiger partial charge is 0.435 e. The number of halogens is 1. The molecular formula is C36H55BrO11. The minimum absolute atomic E-state index is 0.105. The van der Waals surface area contributed by atoms with Crippen molar-refractivity contribution in [2.24, 2.45) is 17.8 Å². The summed E-state index contributed by atoms with van der Waals surface area (Å²) in [6, 6.07) is 0. The molecular weight excluding hydrogens is 688 g/mol. The molecule has 0 aromatic rings. The average molecular weight is 744 g/mol. The molecule has 12 heteroatoms. The van der Waals surface area contributed by atoms with Crippen molar-refractivity contribution in [3.05, 3.63) is 36.0 Å². The molecule has 0 aliphatic carbocycles. The van der Waals surface area contributed by atoms with Gasteiger partial charge in [0.2, 0.25) is 0 Å². The van der Waals surface area contributed by atoms with Crippen molar-refractivity contribution < 1.29 is 52.8 Å². The van der Waals surface area contributed by atoms with Gasteiger partial charge in [0.15, 0.2) is 0 Å². The van der Waals surface area contributed by atoms with Gasteiger partial charge in [-0.15, -0.1) is 0 Å². The Hall–Kier alpha value is -2.99. The van der Waals surface area contributed by atoms with Gasteiger partial charge in [-0.3, -0.25) is 19.2 Å². The molecule has 6 unspecified atom stereocenters. The first-order chi connectivity index (χ1) is 22.2. The van der Waals surface area contributed by atoms with Crippen LogP contribution in [0.1, 0.15) is 114 Å². The van der Waals surface area contributed by atoms with Gasteiger partial charge in [0, 0.05) is 44.9 Å². The Kier molecular flexibility index (Phi) is 17.3. The van der Waals surface area contributed by atoms with Crippen LogP contribution in [0.2, 0.25) is 0 Å². The monoisotopic (exact) mass is 742 g/mol. The molecule has 11 nitrogen and oxygen atoms in total. The second kappa shape index (κ2) is 19.3. The molecule has 1 rings (SSSR count). The summed E-state index contributed by atoms with van der Waals surface area (Å²) in [5, 5.41) is 11.2. The van der Waals surface area contributed by atoms with Crippen molar-refractivity contribution in [3.63, 3.8) is 0 Å². The zero-order valence-electron chi connectivity index (χ0n) is 30.1. The summed E-state index contributed by atoms with van der Waals surface area (Å²) >= 11 is 3.82. The van der Waals surface area contributed by atoms with Crippen LogP contribution in [-0.2, 0) is 47.7 Å². The average Bonchev–Trinajstić information content (AvgIpc) is 2.95. The Morgan fingerprint density at radius 2 is 1.50 bits per heavy atom. The molecule has 0 aromatic carbocycles. The third-order valence-electron chi connectivity index (χ3n) is 8.17. The Morgan fingerprint density at radius 1 is 0.958 bits per heavy atom. The summed E-state index contributed by atoms with van der Waals surface area (Å²) in [7, 11) is 0. The maximum Gasteiger partial charge on any atom is 0.435 e. The second-order valence-electron chi connectivity index (χ2n) is 13.2. The third kappa shape index (κ3) is 13.1. The molecule has 0 bridgehead atoms. The second-order valence-corrected chi connectivity index (χ2v) is 14.4. The highest BCUT2D eigenvalue weighted by molar-refractivity contribution is 9.09. The zero-order valence-corrected chi connectivity index (χ0v) is 31.7. The van der Waals surface area contributed by atoms with Crippen LogP contribution >= 0.6 is 15.9 Å². The van der Waals surface area contributed by atoms with Gasteiger partial charge in [-0.25, -0.2) is 4.79 Å². The van der Waals surface area contributed by atoms with Crippen LogP contribution in [0.3, 0.4) is 0 Å². The lowest BCUT2D eigenvalue weighted by Crippen LogP contribution is -2.68. The van der Waals surface area contributed by atoms with E-state index in [1.54, 1.807) is 32.1 Å². The van der Waals surface area contributed by atoms with Crippen LogP contribution in [0.4, 0.5) is 0 Å². The SMILES string of the molecule is CCCC(C)C(Br)CCC(C)C=CC=C(C)C1OC(=O)C(OC(C)=O)(OC(C)=O)C(OC(C)=O)(OC(C)=O)CCC(C)(O)C/C=C\C1C. The summed E-state index contributed by atoms with van der Waals surface area (Å²) in [5.74, 6) is -11.6. The number of esters is 5. The topological polar surface area (TPSA) is 152 Å². The highest BCUT2D eigenvalue weighted by atomic mass is 79.9. The number of alkyl halides is 1. The predicted molar refractivity (Wildman–Crippen MR) is 183 cm³/mol. The fourth-order valence-electron chi connectivity index (χ4n) is 5.62. The number of allylic oxidation sites excluding steroid dienone is 3. The van der Waals surface area contributed by atoms with Crippen molar-refractivity contribution in [2.45, 2.75) is 142 Å². The van der Waals surface area contributed by atoms with Gasteiger partial charge < -0.3 is 28.8 Å². The maximum atomic E-state index is 14.4. The van der Waals surface area contributed by atoms with Gasteiger partial charge >= 0.3 is 41.4 Å². The number of hydrogen-bond acceptors (Lipinski definition) is 11. The van der Waals surface area contributed by atoms with Crippen LogP contribution in [0.5, 0.6) is 0 Å². The van der Waals surface area contributed by atoms with Gasteiger partial charge in [0.25, 0.3) is 0 Å². The fourth-order valence-corrected chi connectivity index (χ4v) is 6.15. The van der Waals surface area contributed by atoms with E-state index >= 15 is 0 Å². The van der Waals surface area contributed by atoms with Crippen LogP contribution < -0.4 is 0 Å². The minimum Gasteiger partial charge on any atom is -0.451 e. The quantitative estimate of drug-likeness (QED) is 0.0530. The van der Waals surface area contributed by atoms with Gasteiger partial charge in [-0.1, -0.05) is 80.4 Å². The lowest BCUT2D eigenvalue weighted by atomic mass is 9.87. The molecule has 0 aromatic heterocycles. The number of carbonyl (C=O) groups is 5. The summed E-state index contributed by atoms with van der Waals surface area (Å²) in [5.41, 5.74) is -0.919. The first-order valence-corrected chi connectivity index (χ1v) is 17.5. The van der Waals surface area contributed by atoms with Crippen molar-refractivity contribution in [3.8, 4) is 0 Å². The summed E-state index contributed by atoms with van der Waals surface area (Å²) < 4.78 is 27.7. The number of carbonyl (C=O) groups excluding carboxylic acids is 5. The van der Waals surface area contributed by atoms with Crippen molar-refractivity contribution in [1.29, 1.82) is 0 Å². The van der Waals surface area contributed by atoms with Crippen LogP contribution in [0.25, 0.3) is 0 Å². The predicted octanol–water partition coefficient (Wildman–Crippen LogP) is 6.79. The molecule has 272 valence electrons. The third-order valence-corrected chi connectivity index (χ3v) is 9.53. The van der Waals surface area contributed by atoms with Gasteiger partial charge in [0.05, 0.1) is 5.60 Å². The van der Waals surface area contributed by atoms with E-state index in [4.69, 9.17) is 23.7 Å². The summed E-state index contributed by atoms with van der Waals surface area (Å²) in [6.07, 6.45) is 11.7. The zero-order chi connectivity index (χ0) is 36.9. The molecule has 1 aliphatic rings. The van der Waals surface area contributed by atoms with Crippen molar-refractivity contribution >= 4 is 45.8 Å². The van der Waals surface area contributed by atoms with Crippen LogP contribution in [0, 0.1) is 17.8 Å². The summed E-state index contributed by atoms with van der Waals surface area (Å²) in [6.45, 7) is 15.3. The van der Waals surface area contributed by atoms with Gasteiger partial charge in [-0.05, 0) is 63.4 Å². The van der Waals surface area contributed by atoms with E-state index in [9.17, 15) is 29.1 Å². The normalized spacial score (nSPS) is 25.7. The molecule has 1 N–H and O–H groups in total. The molecule has 0 saturated heterocycles. The Balaban J connectivity index is 3.78. The van der Waals surface area contributed by atoms with Crippen LogP contribution in [-0.4, -0.2) is 63.1 Å². The molecule has 6 atom stereocenters. The first-order valence-electron chi connectivity index (χ1n) is 16.6. The Morgan fingerprint density at radius 3 is 2.00 bits per heavy atom. The van der Waals surface area contributed by atoms with E-state index in [-0.39, 0.29) is 18.8 Å². The summed E-state index contributed by atoms with van der Waals surface area (Å²) in [4.78, 5) is 64.9. The van der Waals surface area contributed by atoms with E-state index in [1.807, 2.05) is 6.08 Å². The Labute approximate surface area is 293 Å². The molecule has 0 fully saturated rings. The van der Waals surface area contributed by atoms with Crippen molar-refractivity contribution in [2.75, 3.05) is 0 Å². The van der Waals surface area contributed by atoms with Crippen molar-refractivity contribution in [1.82, 2.24) is 0 Å². The van der Waals surface area contributed by atoms with E-state index in [2.05, 4.69) is 42.8 Å². The highest BCUT2D eigenvalue weighted by Crippen LogP contribution is 2.42.